The topological polar surface area (TPSA) is 87.2 Å². The molecule has 0 unspecified atom stereocenters. The molecule has 1 aliphatic heterocycles. The molecule has 132 valence electrons. The van der Waals surface area contributed by atoms with Crippen LogP contribution in [0.25, 0.3) is 0 Å². The first-order valence-corrected chi connectivity index (χ1v) is 8.45. The molecule has 7 heteroatoms. The lowest BCUT2D eigenvalue weighted by molar-refractivity contribution is -0.142. The molecule has 0 aromatic carbocycles. The highest BCUT2D eigenvalue weighted by Crippen LogP contribution is 2.23. The highest BCUT2D eigenvalue weighted by molar-refractivity contribution is 5.82. The fraction of sp³-hybridized carbons (Fsp3) is 0.647. The van der Waals surface area contributed by atoms with Crippen LogP contribution in [0.5, 0.6) is 0 Å². The van der Waals surface area contributed by atoms with Gasteiger partial charge in [-0.15, -0.1) is 0 Å². The number of likely N-dealkylation sites (tertiary alicyclic amines) is 1. The molecule has 0 bridgehead atoms. The van der Waals surface area contributed by atoms with Gasteiger partial charge >= 0.3 is 0 Å². The van der Waals surface area contributed by atoms with Gasteiger partial charge in [0.1, 0.15) is 5.82 Å². The van der Waals surface area contributed by atoms with E-state index in [1.807, 2.05) is 25.7 Å². The maximum atomic E-state index is 12.2. The van der Waals surface area contributed by atoms with Gasteiger partial charge in [-0.3, -0.25) is 14.6 Å². The lowest BCUT2D eigenvalue weighted by atomic mass is 9.91. The molecule has 0 spiro atoms. The number of nitrogens with one attached hydrogen (secondary N) is 2. The fourth-order valence-electron chi connectivity index (χ4n) is 2.73. The van der Waals surface area contributed by atoms with Crippen LogP contribution in [-0.4, -0.2) is 52.9 Å². The number of piperidine rings is 1. The first-order valence-electron chi connectivity index (χ1n) is 8.45. The van der Waals surface area contributed by atoms with E-state index in [1.165, 1.54) is 0 Å². The number of nitrogens with zero attached hydrogens (tertiary/aromatic N) is 3. The Kier molecular flexibility index (Phi) is 6.11. The second kappa shape index (κ2) is 8.08. The number of aromatic nitrogens is 2. The number of hydrogen-bond donors (Lipinski definition) is 2. The Balaban J connectivity index is 1.67. The summed E-state index contributed by atoms with van der Waals surface area (Å²) in [6.45, 7) is 8.25. The molecule has 1 aromatic rings. The number of amides is 2. The van der Waals surface area contributed by atoms with Crippen LogP contribution in [0.3, 0.4) is 0 Å². The zero-order valence-electron chi connectivity index (χ0n) is 14.7. The van der Waals surface area contributed by atoms with Crippen molar-refractivity contribution in [3.05, 3.63) is 18.6 Å². The van der Waals surface area contributed by atoms with Crippen LogP contribution in [0.15, 0.2) is 18.6 Å². The SMILES string of the molecule is CC(C)(C)C(=O)N1CCC(C(=O)NCCNc2cnccn2)CC1. The van der Waals surface area contributed by atoms with Crippen molar-refractivity contribution in [3.63, 3.8) is 0 Å². The lowest BCUT2D eigenvalue weighted by Crippen LogP contribution is -2.47. The van der Waals surface area contributed by atoms with Gasteiger partial charge in [0.15, 0.2) is 0 Å². The summed E-state index contributed by atoms with van der Waals surface area (Å²) in [6, 6.07) is 0. The molecule has 2 heterocycles. The molecule has 1 aromatic heterocycles. The molecule has 0 aliphatic carbocycles. The van der Waals surface area contributed by atoms with E-state index in [0.717, 1.165) is 12.8 Å². The minimum absolute atomic E-state index is 0.00876. The Morgan fingerprint density at radius 2 is 1.92 bits per heavy atom. The van der Waals surface area contributed by atoms with Crippen molar-refractivity contribution in [2.45, 2.75) is 33.6 Å². The molecule has 2 N–H and O–H groups in total. The number of rotatable bonds is 5. The third-order valence-corrected chi connectivity index (χ3v) is 4.09. The van der Waals surface area contributed by atoms with E-state index in [2.05, 4.69) is 20.6 Å². The van der Waals surface area contributed by atoms with Crippen LogP contribution in [0.1, 0.15) is 33.6 Å². The van der Waals surface area contributed by atoms with Gasteiger partial charge < -0.3 is 15.5 Å². The Bertz CT molecular complexity index is 548. The maximum Gasteiger partial charge on any atom is 0.227 e. The second-order valence-electron chi connectivity index (χ2n) is 7.12. The average Bonchev–Trinajstić information content (AvgIpc) is 2.58. The minimum atomic E-state index is -0.360. The van der Waals surface area contributed by atoms with Crippen molar-refractivity contribution in [2.75, 3.05) is 31.5 Å². The van der Waals surface area contributed by atoms with Gasteiger partial charge in [-0.1, -0.05) is 20.8 Å². The van der Waals surface area contributed by atoms with Crippen molar-refractivity contribution < 1.29 is 9.59 Å². The summed E-state index contributed by atoms with van der Waals surface area (Å²) in [7, 11) is 0. The van der Waals surface area contributed by atoms with Gasteiger partial charge in [-0.25, -0.2) is 4.98 Å². The molecular weight excluding hydrogens is 306 g/mol. The average molecular weight is 333 g/mol. The number of carbonyl (C=O) groups is 2. The highest BCUT2D eigenvalue weighted by atomic mass is 16.2. The van der Waals surface area contributed by atoms with Crippen LogP contribution in [0.4, 0.5) is 5.82 Å². The van der Waals surface area contributed by atoms with E-state index in [9.17, 15) is 9.59 Å². The summed E-state index contributed by atoms with van der Waals surface area (Å²) in [5.41, 5.74) is -0.360. The maximum absolute atomic E-state index is 12.2. The first kappa shape index (κ1) is 18.2. The molecule has 2 rings (SSSR count). The summed E-state index contributed by atoms with van der Waals surface area (Å²) in [5.74, 6) is 0.916. The van der Waals surface area contributed by atoms with Gasteiger partial charge in [-0.05, 0) is 12.8 Å². The first-order chi connectivity index (χ1) is 11.4. The Morgan fingerprint density at radius 1 is 1.21 bits per heavy atom. The second-order valence-corrected chi connectivity index (χ2v) is 7.12. The van der Waals surface area contributed by atoms with Crippen molar-refractivity contribution in [2.24, 2.45) is 11.3 Å². The zero-order chi connectivity index (χ0) is 17.6. The normalized spacial score (nSPS) is 15.9. The molecule has 0 saturated carbocycles. The fourth-order valence-corrected chi connectivity index (χ4v) is 2.73. The molecule has 1 saturated heterocycles. The number of hydrogen-bond acceptors (Lipinski definition) is 5. The van der Waals surface area contributed by atoms with Crippen molar-refractivity contribution in [1.29, 1.82) is 0 Å². The quantitative estimate of drug-likeness (QED) is 0.793. The predicted molar refractivity (Wildman–Crippen MR) is 92.3 cm³/mol. The van der Waals surface area contributed by atoms with E-state index >= 15 is 0 Å². The van der Waals surface area contributed by atoms with E-state index in [1.54, 1.807) is 18.6 Å². The number of anilines is 1. The Labute approximate surface area is 143 Å². The molecule has 1 aliphatic rings. The summed E-state index contributed by atoms with van der Waals surface area (Å²) >= 11 is 0. The molecule has 7 nitrogen and oxygen atoms in total. The molecule has 1 fully saturated rings. The zero-order valence-corrected chi connectivity index (χ0v) is 14.7. The van der Waals surface area contributed by atoms with Crippen LogP contribution in [0, 0.1) is 11.3 Å². The van der Waals surface area contributed by atoms with E-state index in [0.29, 0.717) is 32.0 Å². The third kappa shape index (κ3) is 5.18. The van der Waals surface area contributed by atoms with Crippen molar-refractivity contribution in [3.8, 4) is 0 Å². The van der Waals surface area contributed by atoms with Gasteiger partial charge in [0.2, 0.25) is 11.8 Å². The lowest BCUT2D eigenvalue weighted by Gasteiger charge is -2.35. The summed E-state index contributed by atoms with van der Waals surface area (Å²) in [4.78, 5) is 34.4. The molecular formula is C17H27N5O2. The van der Waals surface area contributed by atoms with Crippen molar-refractivity contribution >= 4 is 17.6 Å². The van der Waals surface area contributed by atoms with Gasteiger partial charge in [0.05, 0.1) is 6.20 Å². The summed E-state index contributed by atoms with van der Waals surface area (Å²) < 4.78 is 0. The van der Waals surface area contributed by atoms with Gasteiger partial charge in [0, 0.05) is 49.9 Å². The smallest absolute Gasteiger partial charge is 0.227 e. The minimum Gasteiger partial charge on any atom is -0.367 e. The van der Waals surface area contributed by atoms with E-state index < -0.39 is 0 Å². The summed E-state index contributed by atoms with van der Waals surface area (Å²) in [6.07, 6.45) is 6.33. The van der Waals surface area contributed by atoms with E-state index in [-0.39, 0.29) is 23.1 Å². The van der Waals surface area contributed by atoms with E-state index in [4.69, 9.17) is 0 Å². The van der Waals surface area contributed by atoms with Crippen LogP contribution in [-0.2, 0) is 9.59 Å². The predicted octanol–water partition coefficient (Wildman–Crippen LogP) is 1.29. The molecule has 0 atom stereocenters. The Morgan fingerprint density at radius 3 is 2.50 bits per heavy atom. The largest absolute Gasteiger partial charge is 0.367 e. The standard InChI is InChI=1S/C17H27N5O2/c1-17(2,3)16(24)22-10-4-13(5-11-22)15(23)21-9-8-20-14-12-18-6-7-19-14/h6-7,12-13H,4-5,8-11H2,1-3H3,(H,19,20)(H,21,23). The van der Waals surface area contributed by atoms with Gasteiger partial charge in [-0.2, -0.15) is 0 Å². The highest BCUT2D eigenvalue weighted by Gasteiger charge is 2.32. The number of carbonyl (C=O) groups excluding carboxylic acids is 2. The summed E-state index contributed by atoms with van der Waals surface area (Å²) in [5, 5.41) is 6.04. The van der Waals surface area contributed by atoms with Crippen LogP contribution < -0.4 is 10.6 Å². The van der Waals surface area contributed by atoms with Crippen molar-refractivity contribution in [1.82, 2.24) is 20.2 Å². The van der Waals surface area contributed by atoms with Crippen LogP contribution >= 0.6 is 0 Å². The monoisotopic (exact) mass is 333 g/mol. The molecule has 2 amide bonds. The molecule has 24 heavy (non-hydrogen) atoms. The van der Waals surface area contributed by atoms with Crippen LogP contribution in [0.2, 0.25) is 0 Å². The van der Waals surface area contributed by atoms with Gasteiger partial charge in [0.25, 0.3) is 0 Å². The molecule has 0 radical (unpaired) electrons. The third-order valence-electron chi connectivity index (χ3n) is 4.09. The Hall–Kier alpha value is -2.18.